The molecule has 0 fully saturated rings. The Kier molecular flexibility index (Phi) is 7.38. The zero-order chi connectivity index (χ0) is 21.4. The third-order valence-electron chi connectivity index (χ3n) is 3.62. The zero-order valence-electron chi connectivity index (χ0n) is 17.4. The Morgan fingerprint density at radius 3 is 2.28 bits per heavy atom. The van der Waals surface area contributed by atoms with Gasteiger partial charge >= 0.3 is 11.9 Å². The van der Waals surface area contributed by atoms with Crippen LogP contribution < -0.4 is 4.74 Å². The Balaban J connectivity index is 2.06. The summed E-state index contributed by atoms with van der Waals surface area (Å²) in [6.45, 7) is 7.21. The van der Waals surface area contributed by atoms with E-state index in [0.717, 1.165) is 11.3 Å². The third kappa shape index (κ3) is 7.30. The number of carbonyl (C=O) groups excluding carboxylic acids is 2. The molecule has 0 spiro atoms. The Bertz CT molecular complexity index is 930. The molecule has 0 unspecified atom stereocenters. The Morgan fingerprint density at radius 1 is 1.03 bits per heavy atom. The molecule has 6 nitrogen and oxygen atoms in total. The minimum absolute atomic E-state index is 0.157. The van der Waals surface area contributed by atoms with Crippen molar-refractivity contribution in [2.45, 2.75) is 39.7 Å². The highest BCUT2D eigenvalue weighted by Crippen LogP contribution is 2.13. The number of nitrogens with zero attached hydrogens (tertiary/aromatic N) is 1. The van der Waals surface area contributed by atoms with Gasteiger partial charge < -0.3 is 14.2 Å². The topological polar surface area (TPSA) is 74.7 Å². The fourth-order valence-corrected chi connectivity index (χ4v) is 2.34. The number of esters is 2. The average Bonchev–Trinajstić information content (AvgIpc) is 2.69. The van der Waals surface area contributed by atoms with E-state index in [0.29, 0.717) is 17.7 Å². The van der Waals surface area contributed by atoms with Gasteiger partial charge in [0.15, 0.2) is 6.61 Å². The summed E-state index contributed by atoms with van der Waals surface area (Å²) < 4.78 is 15.4. The van der Waals surface area contributed by atoms with Gasteiger partial charge in [0, 0.05) is 16.8 Å². The van der Waals surface area contributed by atoms with Crippen molar-refractivity contribution in [3.8, 4) is 17.6 Å². The molecule has 1 heterocycles. The lowest BCUT2D eigenvalue weighted by Gasteiger charge is -2.19. The standard InChI is InChI=1S/C23H25NO5/c1-6-18-13-17(14-20(24-18)22(26)27-5)8-7-16-9-11-19(12-10-16)28-15-21(25)29-23(2,3)4/h9-14H,6,15H2,1-5H3. The van der Waals surface area contributed by atoms with Crippen LogP contribution in [0.1, 0.15) is 55.0 Å². The fraction of sp³-hybridized carbons (Fsp3) is 0.348. The Morgan fingerprint density at radius 2 is 1.69 bits per heavy atom. The summed E-state index contributed by atoms with van der Waals surface area (Å²) in [6.07, 6.45) is 0.684. The molecule has 0 N–H and O–H groups in total. The molecule has 0 saturated heterocycles. The summed E-state index contributed by atoms with van der Waals surface area (Å²) in [4.78, 5) is 27.7. The maximum Gasteiger partial charge on any atom is 0.356 e. The molecule has 1 aromatic carbocycles. The lowest BCUT2D eigenvalue weighted by molar-refractivity contribution is -0.157. The number of ether oxygens (including phenoxy) is 3. The first-order valence-electron chi connectivity index (χ1n) is 9.26. The van der Waals surface area contributed by atoms with Crippen molar-refractivity contribution in [1.82, 2.24) is 4.98 Å². The monoisotopic (exact) mass is 395 g/mol. The number of aromatic nitrogens is 1. The molecule has 2 aromatic rings. The van der Waals surface area contributed by atoms with Gasteiger partial charge in [0.1, 0.15) is 17.0 Å². The van der Waals surface area contributed by atoms with Crippen LogP contribution in [0.15, 0.2) is 36.4 Å². The second-order valence-corrected chi connectivity index (χ2v) is 7.23. The molecule has 29 heavy (non-hydrogen) atoms. The largest absolute Gasteiger partial charge is 0.482 e. The van der Waals surface area contributed by atoms with E-state index >= 15 is 0 Å². The highest BCUT2D eigenvalue weighted by molar-refractivity contribution is 5.87. The van der Waals surface area contributed by atoms with Crippen LogP contribution in [0, 0.1) is 11.8 Å². The first-order valence-corrected chi connectivity index (χ1v) is 9.26. The van der Waals surface area contributed by atoms with Crippen molar-refractivity contribution in [3.63, 3.8) is 0 Å². The van der Waals surface area contributed by atoms with E-state index in [1.165, 1.54) is 7.11 Å². The molecule has 0 bridgehead atoms. The molecule has 0 aliphatic heterocycles. The summed E-state index contributed by atoms with van der Waals surface area (Å²) in [6, 6.07) is 10.5. The van der Waals surface area contributed by atoms with Gasteiger partial charge in [-0.2, -0.15) is 0 Å². The molecular formula is C23H25NO5. The van der Waals surface area contributed by atoms with Gasteiger partial charge in [0.05, 0.1) is 7.11 Å². The summed E-state index contributed by atoms with van der Waals surface area (Å²) in [5, 5.41) is 0. The Hall–Kier alpha value is -3.33. The maximum absolute atomic E-state index is 11.8. The quantitative estimate of drug-likeness (QED) is 0.569. The van der Waals surface area contributed by atoms with E-state index < -0.39 is 17.5 Å². The molecule has 0 aliphatic carbocycles. The number of benzene rings is 1. The van der Waals surface area contributed by atoms with Gasteiger partial charge in [-0.25, -0.2) is 14.6 Å². The molecule has 152 valence electrons. The van der Waals surface area contributed by atoms with Crippen LogP contribution in [-0.4, -0.2) is 36.2 Å². The summed E-state index contributed by atoms with van der Waals surface area (Å²) in [5.41, 5.74) is 1.91. The average molecular weight is 395 g/mol. The van der Waals surface area contributed by atoms with Gasteiger partial charge in [-0.05, 0) is 63.6 Å². The molecular weight excluding hydrogens is 370 g/mol. The highest BCUT2D eigenvalue weighted by atomic mass is 16.6. The molecule has 0 saturated carbocycles. The van der Waals surface area contributed by atoms with E-state index in [1.807, 2.05) is 13.0 Å². The molecule has 0 amide bonds. The number of rotatable bonds is 5. The first-order chi connectivity index (χ1) is 13.7. The summed E-state index contributed by atoms with van der Waals surface area (Å²) in [7, 11) is 1.32. The lowest BCUT2D eigenvalue weighted by atomic mass is 10.1. The van der Waals surface area contributed by atoms with Gasteiger partial charge in [-0.1, -0.05) is 18.8 Å². The number of pyridine rings is 1. The lowest BCUT2D eigenvalue weighted by Crippen LogP contribution is -2.27. The highest BCUT2D eigenvalue weighted by Gasteiger charge is 2.16. The number of hydrogen-bond acceptors (Lipinski definition) is 6. The number of aryl methyl sites for hydroxylation is 1. The molecule has 0 radical (unpaired) electrons. The van der Waals surface area contributed by atoms with Crippen LogP contribution in [0.4, 0.5) is 0 Å². The fourth-order valence-electron chi connectivity index (χ4n) is 2.34. The van der Waals surface area contributed by atoms with Crippen molar-refractivity contribution in [2.24, 2.45) is 0 Å². The number of carbonyl (C=O) groups is 2. The van der Waals surface area contributed by atoms with E-state index in [-0.39, 0.29) is 12.3 Å². The van der Waals surface area contributed by atoms with Crippen molar-refractivity contribution in [3.05, 3.63) is 58.9 Å². The Labute approximate surface area is 171 Å². The van der Waals surface area contributed by atoms with E-state index in [4.69, 9.17) is 14.2 Å². The minimum Gasteiger partial charge on any atom is -0.482 e. The summed E-state index contributed by atoms with van der Waals surface area (Å²) >= 11 is 0. The predicted molar refractivity (Wildman–Crippen MR) is 109 cm³/mol. The van der Waals surface area contributed by atoms with Crippen LogP contribution in [0.5, 0.6) is 5.75 Å². The van der Waals surface area contributed by atoms with E-state index in [2.05, 4.69) is 16.8 Å². The van der Waals surface area contributed by atoms with E-state index in [1.54, 1.807) is 51.1 Å². The first kappa shape index (κ1) is 22.0. The maximum atomic E-state index is 11.8. The van der Waals surface area contributed by atoms with Gasteiger partial charge in [-0.3, -0.25) is 0 Å². The van der Waals surface area contributed by atoms with Crippen LogP contribution >= 0.6 is 0 Å². The van der Waals surface area contributed by atoms with Crippen molar-refractivity contribution < 1.29 is 23.8 Å². The van der Waals surface area contributed by atoms with Crippen molar-refractivity contribution in [1.29, 1.82) is 0 Å². The molecule has 6 heteroatoms. The smallest absolute Gasteiger partial charge is 0.356 e. The summed E-state index contributed by atoms with van der Waals surface area (Å²) in [5.74, 6) is 5.71. The van der Waals surface area contributed by atoms with Crippen LogP contribution in [0.2, 0.25) is 0 Å². The van der Waals surface area contributed by atoms with Gasteiger partial charge in [0.2, 0.25) is 0 Å². The normalized spacial score (nSPS) is 10.5. The molecule has 0 atom stereocenters. The third-order valence-corrected chi connectivity index (χ3v) is 3.62. The van der Waals surface area contributed by atoms with E-state index in [9.17, 15) is 9.59 Å². The van der Waals surface area contributed by atoms with Crippen LogP contribution in [0.3, 0.4) is 0 Å². The number of methoxy groups -OCH3 is 1. The van der Waals surface area contributed by atoms with Crippen molar-refractivity contribution >= 4 is 11.9 Å². The second kappa shape index (κ2) is 9.74. The number of hydrogen-bond donors (Lipinski definition) is 0. The minimum atomic E-state index is -0.543. The second-order valence-electron chi connectivity index (χ2n) is 7.23. The SMILES string of the molecule is CCc1cc(C#Cc2ccc(OCC(=O)OC(C)(C)C)cc2)cc(C(=O)OC)n1. The molecule has 1 aromatic heterocycles. The molecule has 0 aliphatic rings. The van der Waals surface area contributed by atoms with Crippen LogP contribution in [0.25, 0.3) is 0 Å². The predicted octanol–water partition coefficient (Wildman–Crippen LogP) is 3.55. The molecule has 2 rings (SSSR count). The van der Waals surface area contributed by atoms with Crippen LogP contribution in [-0.2, 0) is 20.7 Å². The zero-order valence-corrected chi connectivity index (χ0v) is 17.4. The van der Waals surface area contributed by atoms with Gasteiger partial charge in [-0.15, -0.1) is 0 Å². The van der Waals surface area contributed by atoms with Gasteiger partial charge in [0.25, 0.3) is 0 Å². The van der Waals surface area contributed by atoms with Crippen molar-refractivity contribution in [2.75, 3.05) is 13.7 Å².